The zero-order chi connectivity index (χ0) is 14.2. The maximum atomic E-state index is 11.4. The Morgan fingerprint density at radius 1 is 0.950 bits per heavy atom. The standard InChI is InChI=1S/C18H20O2/c1-2-6-17(19)14-20-18-11-9-16(10-12-18)13-15-7-4-3-5-8-15/h3-5,7-12H,2,6,13-14H2,1H3. The lowest BCUT2D eigenvalue weighted by Gasteiger charge is -2.06. The highest BCUT2D eigenvalue weighted by Crippen LogP contribution is 2.15. The Hall–Kier alpha value is -2.09. The van der Waals surface area contributed by atoms with Crippen LogP contribution in [0.4, 0.5) is 0 Å². The van der Waals surface area contributed by atoms with Gasteiger partial charge in [0.25, 0.3) is 0 Å². The fourth-order valence-electron chi connectivity index (χ4n) is 2.05. The van der Waals surface area contributed by atoms with Crippen LogP contribution < -0.4 is 4.74 Å². The van der Waals surface area contributed by atoms with Crippen LogP contribution in [0, 0.1) is 0 Å². The van der Waals surface area contributed by atoms with Gasteiger partial charge in [0.1, 0.15) is 12.4 Å². The quantitative estimate of drug-likeness (QED) is 0.758. The van der Waals surface area contributed by atoms with Crippen LogP contribution >= 0.6 is 0 Å². The Morgan fingerprint density at radius 3 is 2.25 bits per heavy atom. The fraction of sp³-hybridized carbons (Fsp3) is 0.278. The molecule has 0 amide bonds. The minimum atomic E-state index is 0.154. The van der Waals surface area contributed by atoms with Gasteiger partial charge in [-0.05, 0) is 36.1 Å². The molecular formula is C18H20O2. The smallest absolute Gasteiger partial charge is 0.170 e. The predicted octanol–water partition coefficient (Wildman–Crippen LogP) is 4.03. The van der Waals surface area contributed by atoms with Crippen molar-refractivity contribution in [3.8, 4) is 5.75 Å². The molecule has 2 nitrogen and oxygen atoms in total. The topological polar surface area (TPSA) is 26.3 Å². The Kier molecular flexibility index (Phi) is 5.36. The molecule has 2 rings (SSSR count). The third kappa shape index (κ3) is 4.54. The summed E-state index contributed by atoms with van der Waals surface area (Å²) in [7, 11) is 0. The van der Waals surface area contributed by atoms with Gasteiger partial charge in [-0.2, -0.15) is 0 Å². The first kappa shape index (κ1) is 14.3. The van der Waals surface area contributed by atoms with Gasteiger partial charge < -0.3 is 4.74 Å². The average molecular weight is 268 g/mol. The molecule has 0 aromatic heterocycles. The molecule has 0 aliphatic rings. The Balaban J connectivity index is 1.88. The maximum absolute atomic E-state index is 11.4. The maximum Gasteiger partial charge on any atom is 0.170 e. The van der Waals surface area contributed by atoms with E-state index in [2.05, 4.69) is 12.1 Å². The number of benzene rings is 2. The van der Waals surface area contributed by atoms with Gasteiger partial charge in [-0.3, -0.25) is 4.79 Å². The molecule has 0 unspecified atom stereocenters. The van der Waals surface area contributed by atoms with Gasteiger partial charge in [0.15, 0.2) is 5.78 Å². The fourth-order valence-corrected chi connectivity index (χ4v) is 2.05. The van der Waals surface area contributed by atoms with E-state index in [1.165, 1.54) is 11.1 Å². The number of hydrogen-bond donors (Lipinski definition) is 0. The monoisotopic (exact) mass is 268 g/mol. The van der Waals surface area contributed by atoms with E-state index < -0.39 is 0 Å². The third-order valence-electron chi connectivity index (χ3n) is 3.10. The molecule has 0 radical (unpaired) electrons. The van der Waals surface area contributed by atoms with Gasteiger partial charge in [-0.15, -0.1) is 0 Å². The summed E-state index contributed by atoms with van der Waals surface area (Å²) in [4.78, 5) is 11.4. The van der Waals surface area contributed by atoms with Crippen LogP contribution in [0.1, 0.15) is 30.9 Å². The first-order valence-corrected chi connectivity index (χ1v) is 7.05. The number of carbonyl (C=O) groups excluding carboxylic acids is 1. The van der Waals surface area contributed by atoms with Crippen molar-refractivity contribution in [2.75, 3.05) is 6.61 Å². The molecule has 0 heterocycles. The number of ether oxygens (including phenoxy) is 1. The van der Waals surface area contributed by atoms with Gasteiger partial charge in [0, 0.05) is 6.42 Å². The minimum Gasteiger partial charge on any atom is -0.486 e. The lowest BCUT2D eigenvalue weighted by atomic mass is 10.1. The van der Waals surface area contributed by atoms with E-state index in [-0.39, 0.29) is 12.4 Å². The van der Waals surface area contributed by atoms with Gasteiger partial charge in [0.05, 0.1) is 0 Å². The van der Waals surface area contributed by atoms with E-state index in [9.17, 15) is 4.79 Å². The molecule has 0 atom stereocenters. The largest absolute Gasteiger partial charge is 0.486 e. The normalized spacial score (nSPS) is 10.2. The summed E-state index contributed by atoms with van der Waals surface area (Å²) in [6.45, 7) is 2.17. The molecule has 0 saturated carbocycles. The van der Waals surface area contributed by atoms with E-state index in [1.54, 1.807) is 0 Å². The zero-order valence-electron chi connectivity index (χ0n) is 11.8. The highest BCUT2D eigenvalue weighted by atomic mass is 16.5. The minimum absolute atomic E-state index is 0.154. The summed E-state index contributed by atoms with van der Waals surface area (Å²) in [5.41, 5.74) is 2.53. The number of ketones is 1. The number of hydrogen-bond acceptors (Lipinski definition) is 2. The summed E-state index contributed by atoms with van der Waals surface area (Å²) in [6.07, 6.45) is 2.38. The number of Topliss-reactive ketones (excluding diaryl/α,β-unsaturated/α-hetero) is 1. The lowest BCUT2D eigenvalue weighted by Crippen LogP contribution is -2.10. The van der Waals surface area contributed by atoms with Crippen molar-refractivity contribution in [3.63, 3.8) is 0 Å². The molecule has 2 aromatic carbocycles. The average Bonchev–Trinajstić information content (AvgIpc) is 2.48. The molecule has 0 N–H and O–H groups in total. The molecule has 2 heteroatoms. The van der Waals surface area contributed by atoms with E-state index in [1.807, 2.05) is 49.4 Å². The molecule has 0 aliphatic heterocycles. The van der Waals surface area contributed by atoms with E-state index in [0.717, 1.165) is 18.6 Å². The molecular weight excluding hydrogens is 248 g/mol. The Labute approximate surface area is 120 Å². The summed E-state index contributed by atoms with van der Waals surface area (Å²) in [5.74, 6) is 0.909. The highest BCUT2D eigenvalue weighted by Gasteiger charge is 2.02. The second-order valence-corrected chi connectivity index (χ2v) is 4.88. The van der Waals surface area contributed by atoms with E-state index in [4.69, 9.17) is 4.74 Å². The SMILES string of the molecule is CCCC(=O)COc1ccc(Cc2ccccc2)cc1. The van der Waals surface area contributed by atoms with E-state index >= 15 is 0 Å². The molecule has 0 saturated heterocycles. The summed E-state index contributed by atoms with van der Waals surface area (Å²) in [6, 6.07) is 18.3. The Bertz CT molecular complexity index is 529. The highest BCUT2D eigenvalue weighted by molar-refractivity contribution is 5.79. The first-order chi connectivity index (χ1) is 9.78. The lowest BCUT2D eigenvalue weighted by molar-refractivity contribution is -0.121. The van der Waals surface area contributed by atoms with Gasteiger partial charge in [-0.25, -0.2) is 0 Å². The van der Waals surface area contributed by atoms with Gasteiger partial charge >= 0.3 is 0 Å². The van der Waals surface area contributed by atoms with E-state index in [0.29, 0.717) is 6.42 Å². The van der Waals surface area contributed by atoms with Gasteiger partial charge in [0.2, 0.25) is 0 Å². The molecule has 0 spiro atoms. The predicted molar refractivity (Wildman–Crippen MR) is 81.1 cm³/mol. The van der Waals surface area contributed by atoms with Crippen molar-refractivity contribution in [2.24, 2.45) is 0 Å². The Morgan fingerprint density at radius 2 is 1.60 bits per heavy atom. The zero-order valence-corrected chi connectivity index (χ0v) is 11.8. The van der Waals surface area contributed by atoms with Crippen LogP contribution in [-0.2, 0) is 11.2 Å². The van der Waals surface area contributed by atoms with Crippen molar-refractivity contribution < 1.29 is 9.53 Å². The summed E-state index contributed by atoms with van der Waals surface area (Å²) in [5, 5.41) is 0. The molecule has 0 bridgehead atoms. The summed E-state index contributed by atoms with van der Waals surface area (Å²) < 4.78 is 5.48. The van der Waals surface area contributed by atoms with Crippen LogP contribution in [-0.4, -0.2) is 12.4 Å². The van der Waals surface area contributed by atoms with Crippen molar-refractivity contribution in [1.82, 2.24) is 0 Å². The molecule has 2 aromatic rings. The molecule has 0 aliphatic carbocycles. The van der Waals surface area contributed by atoms with Crippen LogP contribution in [0.25, 0.3) is 0 Å². The van der Waals surface area contributed by atoms with Crippen LogP contribution in [0.15, 0.2) is 54.6 Å². The van der Waals surface area contributed by atoms with Crippen molar-refractivity contribution >= 4 is 5.78 Å². The van der Waals surface area contributed by atoms with Crippen LogP contribution in [0.2, 0.25) is 0 Å². The van der Waals surface area contributed by atoms with Crippen molar-refractivity contribution in [1.29, 1.82) is 0 Å². The number of carbonyl (C=O) groups is 1. The second kappa shape index (κ2) is 7.49. The van der Waals surface area contributed by atoms with Crippen LogP contribution in [0.3, 0.4) is 0 Å². The first-order valence-electron chi connectivity index (χ1n) is 7.05. The molecule has 0 fully saturated rings. The molecule has 20 heavy (non-hydrogen) atoms. The summed E-state index contributed by atoms with van der Waals surface area (Å²) >= 11 is 0. The number of rotatable bonds is 7. The molecule has 104 valence electrons. The second-order valence-electron chi connectivity index (χ2n) is 4.88. The van der Waals surface area contributed by atoms with Crippen molar-refractivity contribution in [3.05, 3.63) is 65.7 Å². The van der Waals surface area contributed by atoms with Crippen molar-refractivity contribution in [2.45, 2.75) is 26.2 Å². The van der Waals surface area contributed by atoms with Crippen LogP contribution in [0.5, 0.6) is 5.75 Å². The third-order valence-corrected chi connectivity index (χ3v) is 3.10. The van der Waals surface area contributed by atoms with Gasteiger partial charge in [-0.1, -0.05) is 49.4 Å².